The Labute approximate surface area is 115 Å². The van der Waals surface area contributed by atoms with E-state index >= 15 is 0 Å². The van der Waals surface area contributed by atoms with Crippen molar-refractivity contribution in [1.29, 1.82) is 0 Å². The monoisotopic (exact) mass is 315 g/mol. The van der Waals surface area contributed by atoms with Gasteiger partial charge in [-0.1, -0.05) is 15.9 Å². The average Bonchev–Trinajstić information content (AvgIpc) is 2.82. The molecule has 0 N–H and O–H groups in total. The second kappa shape index (κ2) is 6.38. The van der Waals surface area contributed by atoms with Crippen LogP contribution in [-0.4, -0.2) is 41.9 Å². The number of likely N-dealkylation sites (tertiary alicyclic amines) is 1. The lowest BCUT2D eigenvalue weighted by Crippen LogP contribution is -2.41. The van der Waals surface area contributed by atoms with E-state index in [1.165, 1.54) is 0 Å². The number of hydrogen-bond acceptors (Lipinski definition) is 3. The fraction of sp³-hybridized carbons (Fsp3) is 0.615. The zero-order valence-electron chi connectivity index (χ0n) is 10.5. The smallest absolute Gasteiger partial charge is 0.289 e. The highest BCUT2D eigenvalue weighted by Gasteiger charge is 2.26. The zero-order chi connectivity index (χ0) is 13.0. The SMILES string of the molecule is Cc1ccoc1C(=O)N1CCC(OCCBr)CC1. The molecule has 4 nitrogen and oxygen atoms in total. The van der Waals surface area contributed by atoms with Crippen molar-refractivity contribution >= 4 is 21.8 Å². The normalized spacial score (nSPS) is 17.1. The number of furan rings is 1. The lowest BCUT2D eigenvalue weighted by Gasteiger charge is -2.31. The van der Waals surface area contributed by atoms with Crippen LogP contribution in [0.4, 0.5) is 0 Å². The Morgan fingerprint density at radius 1 is 1.56 bits per heavy atom. The molecule has 1 saturated heterocycles. The first-order valence-electron chi connectivity index (χ1n) is 6.23. The fourth-order valence-electron chi connectivity index (χ4n) is 2.17. The zero-order valence-corrected chi connectivity index (χ0v) is 12.1. The van der Waals surface area contributed by atoms with Crippen LogP contribution in [0.2, 0.25) is 0 Å². The van der Waals surface area contributed by atoms with Gasteiger partial charge in [-0.2, -0.15) is 0 Å². The summed E-state index contributed by atoms with van der Waals surface area (Å²) in [5, 5.41) is 0.859. The number of carbonyl (C=O) groups is 1. The van der Waals surface area contributed by atoms with Crippen LogP contribution in [0.5, 0.6) is 0 Å². The summed E-state index contributed by atoms with van der Waals surface area (Å²) in [6, 6.07) is 1.82. The van der Waals surface area contributed by atoms with Crippen molar-refractivity contribution < 1.29 is 13.9 Å². The predicted octanol–water partition coefficient (Wildman–Crippen LogP) is 2.60. The molecule has 1 aromatic rings. The molecule has 0 bridgehead atoms. The van der Waals surface area contributed by atoms with Crippen molar-refractivity contribution in [3.05, 3.63) is 23.7 Å². The topological polar surface area (TPSA) is 42.7 Å². The summed E-state index contributed by atoms with van der Waals surface area (Å²) in [7, 11) is 0. The Morgan fingerprint density at radius 3 is 2.83 bits per heavy atom. The van der Waals surface area contributed by atoms with Gasteiger partial charge in [0.15, 0.2) is 5.76 Å². The van der Waals surface area contributed by atoms with Gasteiger partial charge in [-0.25, -0.2) is 0 Å². The van der Waals surface area contributed by atoms with Crippen LogP contribution in [0.15, 0.2) is 16.7 Å². The molecule has 1 amide bonds. The van der Waals surface area contributed by atoms with Crippen LogP contribution in [0.3, 0.4) is 0 Å². The van der Waals surface area contributed by atoms with E-state index in [9.17, 15) is 4.79 Å². The molecule has 2 heterocycles. The summed E-state index contributed by atoms with van der Waals surface area (Å²) in [6.07, 6.45) is 3.65. The molecule has 0 unspecified atom stereocenters. The Hall–Kier alpha value is -0.810. The largest absolute Gasteiger partial charge is 0.459 e. The van der Waals surface area contributed by atoms with Crippen molar-refractivity contribution in [2.45, 2.75) is 25.9 Å². The molecule has 1 aromatic heterocycles. The second-order valence-electron chi connectivity index (χ2n) is 4.48. The minimum absolute atomic E-state index is 0.00329. The standard InChI is InChI=1S/C13H18BrNO3/c1-10-4-8-18-12(10)13(16)15-6-2-11(3-7-15)17-9-5-14/h4,8,11H,2-3,5-7,9H2,1H3. The van der Waals surface area contributed by atoms with Gasteiger partial charge in [-0.15, -0.1) is 0 Å². The third-order valence-corrected chi connectivity index (χ3v) is 3.54. The molecule has 1 aliphatic rings. The molecule has 5 heteroatoms. The predicted molar refractivity (Wildman–Crippen MR) is 72.1 cm³/mol. The Balaban J connectivity index is 1.86. The van der Waals surface area contributed by atoms with Crippen LogP contribution in [0.25, 0.3) is 0 Å². The second-order valence-corrected chi connectivity index (χ2v) is 5.28. The molecule has 0 spiro atoms. The van der Waals surface area contributed by atoms with Gasteiger partial charge in [0.1, 0.15) is 0 Å². The molecule has 0 saturated carbocycles. The Bertz CT molecular complexity index is 397. The number of rotatable bonds is 4. The molecule has 2 rings (SSSR count). The molecule has 18 heavy (non-hydrogen) atoms. The van der Waals surface area contributed by atoms with Gasteiger partial charge in [0.25, 0.3) is 5.91 Å². The van der Waals surface area contributed by atoms with E-state index in [0.29, 0.717) is 5.76 Å². The molecular formula is C13H18BrNO3. The maximum Gasteiger partial charge on any atom is 0.289 e. The van der Waals surface area contributed by atoms with Crippen LogP contribution < -0.4 is 0 Å². The highest BCUT2D eigenvalue weighted by molar-refractivity contribution is 9.09. The van der Waals surface area contributed by atoms with E-state index in [4.69, 9.17) is 9.15 Å². The quantitative estimate of drug-likeness (QED) is 0.802. The number of halogens is 1. The van der Waals surface area contributed by atoms with Gasteiger partial charge in [0.05, 0.1) is 19.0 Å². The van der Waals surface area contributed by atoms with E-state index < -0.39 is 0 Å². The number of hydrogen-bond donors (Lipinski definition) is 0. The number of nitrogens with zero attached hydrogens (tertiary/aromatic N) is 1. The molecule has 1 fully saturated rings. The van der Waals surface area contributed by atoms with Crippen LogP contribution in [-0.2, 0) is 4.74 Å². The van der Waals surface area contributed by atoms with Crippen LogP contribution >= 0.6 is 15.9 Å². The van der Waals surface area contributed by atoms with Crippen LogP contribution in [0.1, 0.15) is 29.0 Å². The lowest BCUT2D eigenvalue weighted by atomic mass is 10.1. The van der Waals surface area contributed by atoms with E-state index in [-0.39, 0.29) is 12.0 Å². The van der Waals surface area contributed by atoms with Crippen molar-refractivity contribution in [3.63, 3.8) is 0 Å². The van der Waals surface area contributed by atoms with Crippen molar-refractivity contribution in [2.24, 2.45) is 0 Å². The minimum Gasteiger partial charge on any atom is -0.459 e. The minimum atomic E-state index is -0.00329. The molecule has 0 atom stereocenters. The van der Waals surface area contributed by atoms with Crippen molar-refractivity contribution in [2.75, 3.05) is 25.0 Å². The lowest BCUT2D eigenvalue weighted by molar-refractivity contribution is 0.0150. The summed E-state index contributed by atoms with van der Waals surface area (Å²) in [5.41, 5.74) is 0.901. The average molecular weight is 316 g/mol. The highest BCUT2D eigenvalue weighted by Crippen LogP contribution is 2.18. The van der Waals surface area contributed by atoms with E-state index in [1.54, 1.807) is 6.26 Å². The molecular weight excluding hydrogens is 298 g/mol. The van der Waals surface area contributed by atoms with Crippen molar-refractivity contribution in [1.82, 2.24) is 4.90 Å². The number of alkyl halides is 1. The third-order valence-electron chi connectivity index (χ3n) is 3.22. The Kier molecular flexibility index (Phi) is 4.83. The van der Waals surface area contributed by atoms with Gasteiger partial charge in [0, 0.05) is 24.0 Å². The number of ether oxygens (including phenoxy) is 1. The summed E-state index contributed by atoms with van der Waals surface area (Å²) in [5.74, 6) is 0.464. The maximum absolute atomic E-state index is 12.2. The summed E-state index contributed by atoms with van der Waals surface area (Å²) in [4.78, 5) is 14.0. The van der Waals surface area contributed by atoms with Crippen LogP contribution in [0, 0.1) is 6.92 Å². The molecule has 0 aromatic carbocycles. The van der Waals surface area contributed by atoms with Crippen molar-refractivity contribution in [3.8, 4) is 0 Å². The van der Waals surface area contributed by atoms with Gasteiger partial charge < -0.3 is 14.1 Å². The summed E-state index contributed by atoms with van der Waals surface area (Å²) >= 11 is 3.34. The van der Waals surface area contributed by atoms with E-state index in [2.05, 4.69) is 15.9 Å². The van der Waals surface area contributed by atoms with Gasteiger partial charge >= 0.3 is 0 Å². The summed E-state index contributed by atoms with van der Waals surface area (Å²) < 4.78 is 10.9. The third kappa shape index (κ3) is 3.14. The number of aryl methyl sites for hydroxylation is 1. The molecule has 0 aliphatic carbocycles. The van der Waals surface area contributed by atoms with E-state index in [1.807, 2.05) is 17.9 Å². The summed E-state index contributed by atoms with van der Waals surface area (Å²) in [6.45, 7) is 4.11. The van der Waals surface area contributed by atoms with E-state index in [0.717, 1.165) is 43.4 Å². The van der Waals surface area contributed by atoms with Gasteiger partial charge in [-0.05, 0) is 25.8 Å². The number of carbonyl (C=O) groups excluding carboxylic acids is 1. The molecule has 100 valence electrons. The van der Waals surface area contributed by atoms with Gasteiger partial charge in [-0.3, -0.25) is 4.79 Å². The number of amides is 1. The van der Waals surface area contributed by atoms with Gasteiger partial charge in [0.2, 0.25) is 0 Å². The first-order chi connectivity index (χ1) is 8.72. The Morgan fingerprint density at radius 2 is 2.28 bits per heavy atom. The maximum atomic E-state index is 12.2. The fourth-order valence-corrected chi connectivity index (χ4v) is 2.36. The molecule has 1 aliphatic heterocycles. The first kappa shape index (κ1) is 13.6. The highest BCUT2D eigenvalue weighted by atomic mass is 79.9. The first-order valence-corrected chi connectivity index (χ1v) is 7.35. The number of piperidine rings is 1. The molecule has 0 radical (unpaired) electrons.